The maximum Gasteiger partial charge on any atom is 0.418 e. The van der Waals surface area contributed by atoms with Crippen LogP contribution < -0.4 is 0 Å². The molecule has 0 aliphatic rings. The second kappa shape index (κ2) is 29.1. The van der Waals surface area contributed by atoms with E-state index < -0.39 is 77.8 Å². The number of carbonyl (C=O) groups excluding carboxylic acids is 6. The van der Waals surface area contributed by atoms with Crippen LogP contribution >= 0.6 is 0 Å². The third kappa shape index (κ3) is 20.3. The first kappa shape index (κ1) is 52.9. The summed E-state index contributed by atoms with van der Waals surface area (Å²) in [4.78, 5) is 85.8. The predicted molar refractivity (Wildman–Crippen MR) is 203 cm³/mol. The van der Waals surface area contributed by atoms with Crippen molar-refractivity contribution in [2.45, 2.75) is 130 Å². The van der Waals surface area contributed by atoms with E-state index in [2.05, 4.69) is 32.9 Å². The summed E-state index contributed by atoms with van der Waals surface area (Å²) < 4.78 is 49.9. The van der Waals surface area contributed by atoms with Gasteiger partial charge in [-0.15, -0.1) is 4.89 Å². The first-order chi connectivity index (χ1) is 27.5. The Labute approximate surface area is 339 Å². The van der Waals surface area contributed by atoms with Crippen LogP contribution in [-0.2, 0) is 86.2 Å². The average molecular weight is 827 g/mol. The quantitative estimate of drug-likeness (QED) is 0.0103. The lowest BCUT2D eigenvalue weighted by Crippen LogP contribution is -2.54. The van der Waals surface area contributed by atoms with Gasteiger partial charge in [0.2, 0.25) is 0 Å². The standard InChI is InChI=1S/C40H58O18/c1-12-20-22-26-47-38(51-33(43)17-6)36(50-32(42)16-5)37(46)56-58-57-40(52-28(9)10,55-35(45)19-8)30(49-31(41)15-4)24-23-25-39(48-27-21-13-2,53-29(11)14-3)54-34(44)18-7/h15-19,28-30H,4-8,12-14,20-27H2,1-3,9-11H3. The molecule has 0 saturated heterocycles. The maximum atomic E-state index is 13.4. The highest BCUT2D eigenvalue weighted by molar-refractivity contribution is 5.92. The van der Waals surface area contributed by atoms with Gasteiger partial charge in [0.25, 0.3) is 5.76 Å². The van der Waals surface area contributed by atoms with Gasteiger partial charge < -0.3 is 42.6 Å². The minimum Gasteiger partial charge on any atom is -0.462 e. The Kier molecular flexibility index (Phi) is 26.5. The molecule has 0 heterocycles. The fourth-order valence-electron chi connectivity index (χ4n) is 4.23. The van der Waals surface area contributed by atoms with Gasteiger partial charge in [0.1, 0.15) is 0 Å². The summed E-state index contributed by atoms with van der Waals surface area (Å²) in [5.74, 6) is -14.0. The summed E-state index contributed by atoms with van der Waals surface area (Å²) in [5.41, 5.74) is 0. The third-order valence-corrected chi connectivity index (χ3v) is 7.12. The molecule has 18 heteroatoms. The van der Waals surface area contributed by atoms with Crippen LogP contribution in [0, 0.1) is 0 Å². The molecule has 0 aromatic carbocycles. The van der Waals surface area contributed by atoms with Crippen LogP contribution in [0.1, 0.15) is 99.3 Å². The molecule has 0 aromatic heterocycles. The van der Waals surface area contributed by atoms with Gasteiger partial charge in [0, 0.05) is 36.8 Å². The maximum absolute atomic E-state index is 13.4. The summed E-state index contributed by atoms with van der Waals surface area (Å²) in [5, 5.41) is 4.77. The molecule has 4 atom stereocenters. The highest BCUT2D eigenvalue weighted by atomic mass is 17.5. The Morgan fingerprint density at radius 3 is 1.79 bits per heavy atom. The molecular formula is C40H58O18. The molecule has 0 radical (unpaired) electrons. The minimum atomic E-state index is -2.91. The van der Waals surface area contributed by atoms with Crippen LogP contribution in [0.15, 0.2) is 75.0 Å². The van der Waals surface area contributed by atoms with Crippen LogP contribution in [-0.4, -0.2) is 79.3 Å². The topological polar surface area (TPSA) is 213 Å². The smallest absolute Gasteiger partial charge is 0.418 e. The Morgan fingerprint density at radius 1 is 0.655 bits per heavy atom. The number of carbonyl (C=O) groups is 6. The van der Waals surface area contributed by atoms with E-state index in [0.717, 1.165) is 31.1 Å². The molecule has 0 rings (SSSR count). The number of rotatable bonds is 33. The molecule has 0 N–H and O–H groups in total. The Bertz CT molecular complexity index is 1430. The number of unbranched alkanes of at least 4 members (excludes halogenated alkanes) is 3. The van der Waals surface area contributed by atoms with E-state index in [1.807, 2.05) is 20.8 Å². The largest absolute Gasteiger partial charge is 0.462 e. The zero-order chi connectivity index (χ0) is 44.1. The van der Waals surface area contributed by atoms with Gasteiger partial charge in [0.05, 0.1) is 25.4 Å². The van der Waals surface area contributed by atoms with Crippen molar-refractivity contribution in [2.24, 2.45) is 0 Å². The minimum absolute atomic E-state index is 0.0993. The van der Waals surface area contributed by atoms with Crippen LogP contribution in [0.5, 0.6) is 0 Å². The van der Waals surface area contributed by atoms with Gasteiger partial charge in [-0.25, -0.2) is 28.8 Å². The van der Waals surface area contributed by atoms with Crippen LogP contribution in [0.25, 0.3) is 0 Å². The molecule has 0 aliphatic heterocycles. The summed E-state index contributed by atoms with van der Waals surface area (Å²) in [6.45, 7) is 27.1. The second-order valence-electron chi connectivity index (χ2n) is 12.2. The van der Waals surface area contributed by atoms with Crippen LogP contribution in [0.4, 0.5) is 0 Å². The number of hydrogen-bond donors (Lipinski definition) is 0. The van der Waals surface area contributed by atoms with Gasteiger partial charge in [-0.3, -0.25) is 4.89 Å². The molecule has 0 fully saturated rings. The van der Waals surface area contributed by atoms with Gasteiger partial charge in [-0.05, 0) is 57.9 Å². The Balaban J connectivity index is 7.13. The van der Waals surface area contributed by atoms with Gasteiger partial charge in [-0.1, -0.05) is 72.9 Å². The van der Waals surface area contributed by atoms with Crippen molar-refractivity contribution in [1.82, 2.24) is 0 Å². The van der Waals surface area contributed by atoms with Crippen molar-refractivity contribution in [3.8, 4) is 0 Å². The Morgan fingerprint density at radius 2 is 1.24 bits per heavy atom. The summed E-state index contributed by atoms with van der Waals surface area (Å²) in [6.07, 6.45) is 3.75. The third-order valence-electron chi connectivity index (χ3n) is 7.12. The molecule has 0 aliphatic carbocycles. The fourth-order valence-corrected chi connectivity index (χ4v) is 4.23. The van der Waals surface area contributed by atoms with Gasteiger partial charge in [0.15, 0.2) is 6.10 Å². The first-order valence-corrected chi connectivity index (χ1v) is 18.7. The lowest BCUT2D eigenvalue weighted by atomic mass is 10.1. The van der Waals surface area contributed by atoms with Gasteiger partial charge in [-0.2, -0.15) is 0 Å². The fraction of sp³-hybridized carbons (Fsp3) is 0.550. The summed E-state index contributed by atoms with van der Waals surface area (Å²) in [6, 6.07) is 0. The zero-order valence-corrected chi connectivity index (χ0v) is 34.3. The van der Waals surface area contributed by atoms with Crippen molar-refractivity contribution in [3.63, 3.8) is 0 Å². The van der Waals surface area contributed by atoms with Crippen molar-refractivity contribution in [3.05, 3.63) is 75.0 Å². The molecule has 0 amide bonds. The molecule has 0 aromatic rings. The van der Waals surface area contributed by atoms with Gasteiger partial charge >= 0.3 is 53.7 Å². The molecule has 0 saturated carbocycles. The highest BCUT2D eigenvalue weighted by Gasteiger charge is 2.52. The summed E-state index contributed by atoms with van der Waals surface area (Å²) >= 11 is 0. The van der Waals surface area contributed by atoms with E-state index in [-0.39, 0.29) is 32.5 Å². The van der Waals surface area contributed by atoms with E-state index in [1.54, 1.807) is 6.92 Å². The molecule has 58 heavy (non-hydrogen) atoms. The van der Waals surface area contributed by atoms with Crippen LogP contribution in [0.3, 0.4) is 0 Å². The Hall–Kier alpha value is -5.14. The van der Waals surface area contributed by atoms with E-state index in [4.69, 9.17) is 57.4 Å². The average Bonchev–Trinajstić information content (AvgIpc) is 3.19. The SMILES string of the molecule is C=CC(=O)OC(OCCCCC)=C(OC(=O)C=C)C(=O)OOOC(OC(=O)C=C)(OC(C)C)C(CCCC(OCCCC)(OC(=O)C=C)OC(C)CC)OC(=O)C=C. The number of esters is 5. The molecule has 18 nitrogen and oxygen atoms in total. The van der Waals surface area contributed by atoms with Crippen molar-refractivity contribution in [1.29, 1.82) is 0 Å². The molecule has 0 bridgehead atoms. The molecule has 0 spiro atoms. The first-order valence-electron chi connectivity index (χ1n) is 18.7. The highest BCUT2D eigenvalue weighted by Crippen LogP contribution is 2.33. The van der Waals surface area contributed by atoms with E-state index in [1.165, 1.54) is 13.8 Å². The predicted octanol–water partition coefficient (Wildman–Crippen LogP) is 6.32. The molecule has 4 unspecified atom stereocenters. The molecular weight excluding hydrogens is 768 g/mol. The molecule has 326 valence electrons. The van der Waals surface area contributed by atoms with Crippen LogP contribution in [0.2, 0.25) is 0 Å². The van der Waals surface area contributed by atoms with Crippen molar-refractivity contribution in [2.75, 3.05) is 13.2 Å². The van der Waals surface area contributed by atoms with E-state index in [0.29, 0.717) is 37.8 Å². The van der Waals surface area contributed by atoms with Crippen molar-refractivity contribution < 1.29 is 86.2 Å². The second-order valence-corrected chi connectivity index (χ2v) is 12.2. The zero-order valence-electron chi connectivity index (χ0n) is 34.3. The number of hydrogen-bond acceptors (Lipinski definition) is 18. The monoisotopic (exact) mass is 826 g/mol. The normalized spacial score (nSPS) is 14.4. The number of ether oxygens (including phenoxy) is 9. The van der Waals surface area contributed by atoms with E-state index >= 15 is 0 Å². The lowest BCUT2D eigenvalue weighted by Gasteiger charge is -2.38. The summed E-state index contributed by atoms with van der Waals surface area (Å²) in [7, 11) is 0. The van der Waals surface area contributed by atoms with E-state index in [9.17, 15) is 28.8 Å². The van der Waals surface area contributed by atoms with Crippen molar-refractivity contribution >= 4 is 35.8 Å². The lowest BCUT2D eigenvalue weighted by molar-refractivity contribution is -0.600.